The Hall–Kier alpha value is -1.53. The summed E-state index contributed by atoms with van der Waals surface area (Å²) in [5, 5.41) is 15.4. The second kappa shape index (κ2) is 6.58. The second-order valence-electron chi connectivity index (χ2n) is 4.13. The molecule has 0 saturated carbocycles. The first-order chi connectivity index (χ1) is 9.30. The molecule has 0 amide bonds. The van der Waals surface area contributed by atoms with E-state index in [0.29, 0.717) is 0 Å². The van der Waals surface area contributed by atoms with Gasteiger partial charge in [0.25, 0.3) is 0 Å². The third-order valence-electron chi connectivity index (χ3n) is 3.04. The highest BCUT2D eigenvalue weighted by atomic mass is 32.2. The van der Waals surface area contributed by atoms with Crippen LogP contribution in [0.1, 0.15) is 5.69 Å². The zero-order valence-corrected chi connectivity index (χ0v) is 11.7. The van der Waals surface area contributed by atoms with Gasteiger partial charge in [-0.15, -0.1) is 0 Å². The van der Waals surface area contributed by atoms with Crippen LogP contribution in [0.25, 0.3) is 5.70 Å². The maximum Gasteiger partial charge on any atom is 0.0917 e. The Morgan fingerprint density at radius 1 is 1.53 bits per heavy atom. The summed E-state index contributed by atoms with van der Waals surface area (Å²) in [6.07, 6.45) is 7.20. The molecule has 1 aromatic heterocycles. The van der Waals surface area contributed by atoms with Crippen molar-refractivity contribution < 1.29 is 9.94 Å². The minimum Gasteiger partial charge on any atom is -0.411 e. The van der Waals surface area contributed by atoms with Gasteiger partial charge < -0.3 is 15.3 Å². The summed E-state index contributed by atoms with van der Waals surface area (Å²) in [5.41, 5.74) is 1.74. The highest BCUT2D eigenvalue weighted by molar-refractivity contribution is 7.99. The topological polar surface area (TPSA) is 66.7 Å². The highest BCUT2D eigenvalue weighted by Gasteiger charge is 2.32. The van der Waals surface area contributed by atoms with Crippen molar-refractivity contribution in [3.05, 3.63) is 36.2 Å². The van der Waals surface area contributed by atoms with Gasteiger partial charge in [0.2, 0.25) is 0 Å². The summed E-state index contributed by atoms with van der Waals surface area (Å²) in [5.74, 6) is 0. The first kappa shape index (κ1) is 13.9. The minimum absolute atomic E-state index is 0.0590. The number of hydrogen-bond acceptors (Lipinski definition) is 6. The van der Waals surface area contributed by atoms with Gasteiger partial charge in [0.05, 0.1) is 35.0 Å². The van der Waals surface area contributed by atoms with Gasteiger partial charge in [-0.1, -0.05) is 11.2 Å². The third-order valence-corrected chi connectivity index (χ3v) is 4.15. The molecule has 1 aromatic rings. The van der Waals surface area contributed by atoms with Crippen molar-refractivity contribution in [3.8, 4) is 0 Å². The molecule has 2 heterocycles. The number of rotatable bonds is 4. The van der Waals surface area contributed by atoms with Crippen LogP contribution >= 0.6 is 11.8 Å². The number of pyridine rings is 1. The fraction of sp³-hybridized carbons (Fsp3) is 0.385. The lowest BCUT2D eigenvalue weighted by Gasteiger charge is -2.34. The van der Waals surface area contributed by atoms with Crippen molar-refractivity contribution in [3.63, 3.8) is 0 Å². The standard InChI is InChI=1S/C13H17N3O2S/c1-18-12-7-10(9-5-3-4-6-14-9)16-11(8-15-17)13(12)19-2/h3-8,11-13,16-17H,1-2H3/b15-8-. The Labute approximate surface area is 116 Å². The summed E-state index contributed by atoms with van der Waals surface area (Å²) in [6, 6.07) is 5.63. The molecule has 2 rings (SSSR count). The van der Waals surface area contributed by atoms with Gasteiger partial charge in [-0.2, -0.15) is 11.8 Å². The van der Waals surface area contributed by atoms with E-state index < -0.39 is 0 Å². The van der Waals surface area contributed by atoms with Crippen LogP contribution in [-0.4, -0.2) is 47.2 Å². The van der Waals surface area contributed by atoms with Crippen LogP contribution in [0, 0.1) is 0 Å². The van der Waals surface area contributed by atoms with Gasteiger partial charge in [0.1, 0.15) is 0 Å². The number of hydrogen-bond donors (Lipinski definition) is 2. The number of methoxy groups -OCH3 is 1. The van der Waals surface area contributed by atoms with E-state index in [2.05, 4.69) is 15.5 Å². The van der Waals surface area contributed by atoms with Gasteiger partial charge in [0, 0.05) is 13.3 Å². The van der Waals surface area contributed by atoms with Crippen molar-refractivity contribution in [2.45, 2.75) is 17.4 Å². The van der Waals surface area contributed by atoms with E-state index in [1.165, 1.54) is 6.21 Å². The Morgan fingerprint density at radius 2 is 2.37 bits per heavy atom. The summed E-state index contributed by atoms with van der Waals surface area (Å²) in [4.78, 5) is 4.32. The lowest BCUT2D eigenvalue weighted by atomic mass is 10.0. The lowest BCUT2D eigenvalue weighted by Crippen LogP contribution is -2.48. The number of oxime groups is 1. The number of thioether (sulfide) groups is 1. The second-order valence-corrected chi connectivity index (χ2v) is 5.15. The predicted octanol–water partition coefficient (Wildman–Crippen LogP) is 1.60. The molecule has 1 aliphatic rings. The third kappa shape index (κ3) is 3.08. The van der Waals surface area contributed by atoms with Crippen molar-refractivity contribution in [1.82, 2.24) is 10.3 Å². The van der Waals surface area contributed by atoms with E-state index in [1.807, 2.05) is 30.5 Å². The van der Waals surface area contributed by atoms with Gasteiger partial charge >= 0.3 is 0 Å². The molecule has 1 aliphatic heterocycles. The maximum absolute atomic E-state index is 8.79. The van der Waals surface area contributed by atoms with Crippen LogP contribution in [0.15, 0.2) is 35.6 Å². The quantitative estimate of drug-likeness (QED) is 0.498. The Kier molecular flexibility index (Phi) is 4.81. The SMILES string of the molecule is COC1C=C(c2ccccn2)NC(/C=N\O)C1SC. The van der Waals surface area contributed by atoms with Crippen molar-refractivity contribution in [2.24, 2.45) is 5.16 Å². The minimum atomic E-state index is -0.105. The number of nitrogens with one attached hydrogen (secondary N) is 1. The molecule has 102 valence electrons. The number of aromatic nitrogens is 1. The normalized spacial score (nSPS) is 27.1. The van der Waals surface area contributed by atoms with E-state index in [1.54, 1.807) is 25.1 Å². The Bertz CT molecular complexity index is 464. The van der Waals surface area contributed by atoms with Gasteiger partial charge in [-0.05, 0) is 24.5 Å². The Morgan fingerprint density at radius 3 is 2.95 bits per heavy atom. The molecule has 0 aliphatic carbocycles. The molecule has 19 heavy (non-hydrogen) atoms. The largest absolute Gasteiger partial charge is 0.411 e. The van der Waals surface area contributed by atoms with Crippen molar-refractivity contribution >= 4 is 23.7 Å². The van der Waals surface area contributed by atoms with Crippen LogP contribution in [-0.2, 0) is 4.74 Å². The smallest absolute Gasteiger partial charge is 0.0917 e. The zero-order chi connectivity index (χ0) is 13.7. The number of ether oxygens (including phenoxy) is 1. The molecule has 5 nitrogen and oxygen atoms in total. The van der Waals surface area contributed by atoms with E-state index >= 15 is 0 Å². The molecule has 3 unspecified atom stereocenters. The van der Waals surface area contributed by atoms with Gasteiger partial charge in [-0.3, -0.25) is 4.98 Å². The molecule has 0 saturated heterocycles. The van der Waals surface area contributed by atoms with E-state index in [-0.39, 0.29) is 17.4 Å². The molecule has 0 fully saturated rings. The fourth-order valence-corrected chi connectivity index (χ4v) is 3.02. The van der Waals surface area contributed by atoms with Gasteiger partial charge in [-0.25, -0.2) is 0 Å². The molecular weight excluding hydrogens is 262 g/mol. The van der Waals surface area contributed by atoms with Crippen molar-refractivity contribution in [1.29, 1.82) is 0 Å². The van der Waals surface area contributed by atoms with E-state index in [9.17, 15) is 0 Å². The van der Waals surface area contributed by atoms with Crippen LogP contribution in [0.2, 0.25) is 0 Å². The van der Waals surface area contributed by atoms with Crippen LogP contribution in [0.4, 0.5) is 0 Å². The summed E-state index contributed by atoms with van der Waals surface area (Å²) >= 11 is 1.67. The Balaban J connectivity index is 2.32. The first-order valence-electron chi connectivity index (χ1n) is 5.93. The molecule has 0 spiro atoms. The molecule has 0 bridgehead atoms. The predicted molar refractivity (Wildman–Crippen MR) is 77.5 cm³/mol. The fourth-order valence-electron chi connectivity index (χ4n) is 2.13. The molecule has 0 aromatic carbocycles. The van der Waals surface area contributed by atoms with Crippen LogP contribution < -0.4 is 5.32 Å². The monoisotopic (exact) mass is 279 g/mol. The average molecular weight is 279 g/mol. The van der Waals surface area contributed by atoms with Crippen LogP contribution in [0.3, 0.4) is 0 Å². The zero-order valence-electron chi connectivity index (χ0n) is 10.9. The number of nitrogens with zero attached hydrogens (tertiary/aromatic N) is 2. The molecule has 6 heteroatoms. The molecule has 0 radical (unpaired) electrons. The van der Waals surface area contributed by atoms with Gasteiger partial charge in [0.15, 0.2) is 0 Å². The van der Waals surface area contributed by atoms with Crippen molar-refractivity contribution in [2.75, 3.05) is 13.4 Å². The maximum atomic E-state index is 8.79. The van der Waals surface area contributed by atoms with Crippen LogP contribution in [0.5, 0.6) is 0 Å². The summed E-state index contributed by atoms with van der Waals surface area (Å²) in [6.45, 7) is 0. The molecule has 3 atom stereocenters. The average Bonchev–Trinajstić information content (AvgIpc) is 2.47. The molecule has 2 N–H and O–H groups in total. The first-order valence-corrected chi connectivity index (χ1v) is 7.22. The summed E-state index contributed by atoms with van der Waals surface area (Å²) < 4.78 is 5.51. The lowest BCUT2D eigenvalue weighted by molar-refractivity contribution is 0.132. The molecular formula is C13H17N3O2S. The van der Waals surface area contributed by atoms with E-state index in [4.69, 9.17) is 9.94 Å². The highest BCUT2D eigenvalue weighted by Crippen LogP contribution is 2.26. The summed E-state index contributed by atoms with van der Waals surface area (Å²) in [7, 11) is 1.68. The van der Waals surface area contributed by atoms with E-state index in [0.717, 1.165) is 11.4 Å².